The maximum atomic E-state index is 13.1. The average molecular weight is 407 g/mol. The lowest BCUT2D eigenvalue weighted by molar-refractivity contribution is -0.118. The number of aromatic amines is 1. The van der Waals surface area contributed by atoms with Crippen molar-refractivity contribution in [3.8, 4) is 11.5 Å². The fourth-order valence-electron chi connectivity index (χ4n) is 4.00. The molecule has 2 heterocycles. The predicted molar refractivity (Wildman–Crippen MR) is 114 cm³/mol. The number of H-pyrrole nitrogens is 1. The molecule has 0 radical (unpaired) electrons. The second-order valence-corrected chi connectivity index (χ2v) is 8.35. The Labute approximate surface area is 174 Å². The van der Waals surface area contributed by atoms with Crippen LogP contribution in [0.25, 0.3) is 10.9 Å². The van der Waals surface area contributed by atoms with E-state index in [1.54, 1.807) is 0 Å². The molecule has 30 heavy (non-hydrogen) atoms. The van der Waals surface area contributed by atoms with Gasteiger partial charge in [-0.25, -0.2) is 0 Å². The number of aliphatic hydroxyl groups is 1. The smallest absolute Gasteiger partial charge is 0.235 e. The van der Waals surface area contributed by atoms with E-state index in [-0.39, 0.29) is 18.7 Å². The topological polar surface area (TPSA) is 95.6 Å². The Kier molecular flexibility index (Phi) is 4.45. The number of hydrogen-bond acceptors (Lipinski definition) is 5. The van der Waals surface area contributed by atoms with E-state index in [4.69, 9.17) is 9.47 Å². The van der Waals surface area contributed by atoms with Crippen molar-refractivity contribution < 1.29 is 19.4 Å². The molecule has 1 atom stereocenters. The van der Waals surface area contributed by atoms with Crippen LogP contribution in [0.3, 0.4) is 0 Å². The molecule has 0 bridgehead atoms. The number of carbonyl (C=O) groups excluding carboxylic acids is 1. The summed E-state index contributed by atoms with van der Waals surface area (Å²) in [4.78, 5) is 16.3. The summed E-state index contributed by atoms with van der Waals surface area (Å²) < 4.78 is 10.8. The summed E-state index contributed by atoms with van der Waals surface area (Å²) in [7, 11) is 0. The summed E-state index contributed by atoms with van der Waals surface area (Å²) in [5.41, 5.74) is 2.77. The molecule has 4 N–H and O–H groups in total. The van der Waals surface area contributed by atoms with Crippen molar-refractivity contribution in [1.82, 2.24) is 10.3 Å². The molecule has 1 fully saturated rings. The van der Waals surface area contributed by atoms with E-state index >= 15 is 0 Å². The molecule has 2 aliphatic rings. The summed E-state index contributed by atoms with van der Waals surface area (Å²) >= 11 is 0. The molecule has 1 aromatic heterocycles. The minimum absolute atomic E-state index is 0.0158. The van der Waals surface area contributed by atoms with Crippen LogP contribution in [0.5, 0.6) is 11.5 Å². The molecule has 1 aliphatic carbocycles. The lowest BCUT2D eigenvalue weighted by Crippen LogP contribution is -2.27. The van der Waals surface area contributed by atoms with Gasteiger partial charge in [-0.1, -0.05) is 6.07 Å². The zero-order chi connectivity index (χ0) is 20.9. The number of anilines is 1. The first-order chi connectivity index (χ1) is 14.4. The van der Waals surface area contributed by atoms with Gasteiger partial charge in [-0.2, -0.15) is 0 Å². The summed E-state index contributed by atoms with van der Waals surface area (Å²) in [6.07, 6.45) is 0.848. The molecule has 5 rings (SSSR count). The van der Waals surface area contributed by atoms with Crippen LogP contribution in [0, 0.1) is 0 Å². The fraction of sp³-hybridized carbons (Fsp3) is 0.348. The van der Waals surface area contributed by atoms with Crippen molar-refractivity contribution in [2.75, 3.05) is 12.1 Å². The van der Waals surface area contributed by atoms with Crippen LogP contribution in [-0.4, -0.2) is 28.8 Å². The van der Waals surface area contributed by atoms with Crippen LogP contribution in [0.4, 0.5) is 5.69 Å². The normalized spacial score (nSPS) is 17.3. The molecule has 1 unspecified atom stereocenters. The standard InChI is InChI=1S/C23H25N3O4/c1-13(2)24-21(27)18-10-14-9-16(4-5-17(14)26-18)25-22(28)23(7-8-23)15-3-6-19-20(11-15)30-12-29-19/h3-6,9-11,13,21,24,26-27H,7-8,12H2,1-2H3,(H,25,28). The third-order valence-corrected chi connectivity index (χ3v) is 5.80. The van der Waals surface area contributed by atoms with Gasteiger partial charge >= 0.3 is 0 Å². The summed E-state index contributed by atoms with van der Waals surface area (Å²) in [5.74, 6) is 1.40. The lowest BCUT2D eigenvalue weighted by Gasteiger charge is -2.16. The van der Waals surface area contributed by atoms with E-state index in [2.05, 4.69) is 15.6 Å². The van der Waals surface area contributed by atoms with E-state index in [1.165, 1.54) is 0 Å². The first-order valence-electron chi connectivity index (χ1n) is 10.2. The van der Waals surface area contributed by atoms with E-state index in [0.29, 0.717) is 11.4 Å². The monoisotopic (exact) mass is 407 g/mol. The minimum atomic E-state index is -0.767. The third-order valence-electron chi connectivity index (χ3n) is 5.80. The molecule has 1 saturated carbocycles. The van der Waals surface area contributed by atoms with Crippen molar-refractivity contribution in [2.45, 2.75) is 44.4 Å². The van der Waals surface area contributed by atoms with Crippen LogP contribution < -0.4 is 20.1 Å². The van der Waals surface area contributed by atoms with E-state index in [0.717, 1.165) is 40.7 Å². The quantitative estimate of drug-likeness (QED) is 0.469. The second-order valence-electron chi connectivity index (χ2n) is 8.35. The molecule has 7 heteroatoms. The highest BCUT2D eigenvalue weighted by atomic mass is 16.7. The highest BCUT2D eigenvalue weighted by Crippen LogP contribution is 2.51. The van der Waals surface area contributed by atoms with Gasteiger partial charge in [-0.15, -0.1) is 0 Å². The minimum Gasteiger partial charge on any atom is -0.454 e. The number of nitrogens with one attached hydrogen (secondary N) is 3. The fourth-order valence-corrected chi connectivity index (χ4v) is 4.00. The third kappa shape index (κ3) is 3.30. The summed E-state index contributed by atoms with van der Waals surface area (Å²) in [5, 5.41) is 17.4. The van der Waals surface area contributed by atoms with Gasteiger partial charge in [-0.3, -0.25) is 10.1 Å². The Morgan fingerprint density at radius 1 is 1.10 bits per heavy atom. The van der Waals surface area contributed by atoms with Crippen LogP contribution in [0.1, 0.15) is 44.2 Å². The van der Waals surface area contributed by atoms with Crippen LogP contribution >= 0.6 is 0 Å². The van der Waals surface area contributed by atoms with Crippen LogP contribution in [0.15, 0.2) is 42.5 Å². The molecule has 0 spiro atoms. The summed E-state index contributed by atoms with van der Waals surface area (Å²) in [6, 6.07) is 13.5. The van der Waals surface area contributed by atoms with Crippen molar-refractivity contribution >= 4 is 22.5 Å². The molecular weight excluding hydrogens is 382 g/mol. The van der Waals surface area contributed by atoms with Gasteiger partial charge in [0.05, 0.1) is 11.1 Å². The van der Waals surface area contributed by atoms with Crippen LogP contribution in [0.2, 0.25) is 0 Å². The van der Waals surface area contributed by atoms with E-state index in [1.807, 2.05) is 56.3 Å². The zero-order valence-electron chi connectivity index (χ0n) is 17.0. The van der Waals surface area contributed by atoms with E-state index < -0.39 is 11.6 Å². The second kappa shape index (κ2) is 7.04. The number of benzene rings is 2. The lowest BCUT2D eigenvalue weighted by atomic mass is 9.94. The summed E-state index contributed by atoms with van der Waals surface area (Å²) in [6.45, 7) is 4.18. The van der Waals surface area contributed by atoms with Gasteiger partial charge in [0.2, 0.25) is 12.7 Å². The van der Waals surface area contributed by atoms with Gasteiger partial charge in [0.1, 0.15) is 6.23 Å². The number of rotatable bonds is 6. The Hall–Kier alpha value is -3.03. The number of fused-ring (bicyclic) bond motifs is 2. The molecule has 1 amide bonds. The number of aliphatic hydroxyl groups excluding tert-OH is 1. The SMILES string of the molecule is CC(C)NC(O)c1cc2cc(NC(=O)C3(c4ccc5c(c4)OCO5)CC3)ccc2[nH]1. The highest BCUT2D eigenvalue weighted by Gasteiger charge is 2.51. The largest absolute Gasteiger partial charge is 0.454 e. The maximum Gasteiger partial charge on any atom is 0.235 e. The average Bonchev–Trinajstić information content (AvgIpc) is 3.20. The number of aromatic nitrogens is 1. The number of amides is 1. The number of carbonyl (C=O) groups is 1. The molecular formula is C23H25N3O4. The molecule has 2 aromatic carbocycles. The van der Waals surface area contributed by atoms with Crippen molar-refractivity contribution in [1.29, 1.82) is 0 Å². The van der Waals surface area contributed by atoms with Crippen molar-refractivity contribution in [3.05, 3.63) is 53.7 Å². The van der Waals surface area contributed by atoms with Gasteiger partial charge in [-0.05, 0) is 68.7 Å². The first kappa shape index (κ1) is 19.0. The Morgan fingerprint density at radius 3 is 2.67 bits per heavy atom. The highest BCUT2D eigenvalue weighted by molar-refractivity contribution is 6.02. The zero-order valence-corrected chi connectivity index (χ0v) is 17.0. The van der Waals surface area contributed by atoms with Gasteiger partial charge in [0, 0.05) is 22.6 Å². The van der Waals surface area contributed by atoms with Gasteiger partial charge < -0.3 is 24.9 Å². The van der Waals surface area contributed by atoms with Gasteiger partial charge in [0.25, 0.3) is 0 Å². The molecule has 7 nitrogen and oxygen atoms in total. The Morgan fingerprint density at radius 2 is 1.90 bits per heavy atom. The molecule has 1 aliphatic heterocycles. The van der Waals surface area contributed by atoms with Crippen molar-refractivity contribution in [3.63, 3.8) is 0 Å². The van der Waals surface area contributed by atoms with Crippen molar-refractivity contribution in [2.24, 2.45) is 0 Å². The number of hydrogen-bond donors (Lipinski definition) is 4. The number of ether oxygens (including phenoxy) is 2. The molecule has 156 valence electrons. The maximum absolute atomic E-state index is 13.1. The first-order valence-corrected chi connectivity index (χ1v) is 10.2. The Balaban J connectivity index is 1.35. The predicted octanol–water partition coefficient (Wildman–Crippen LogP) is 3.56. The Bertz CT molecular complexity index is 1120. The van der Waals surface area contributed by atoms with Crippen LogP contribution in [-0.2, 0) is 10.2 Å². The van der Waals surface area contributed by atoms with Gasteiger partial charge in [0.15, 0.2) is 11.5 Å². The molecule has 3 aromatic rings. The molecule has 0 saturated heterocycles. The van der Waals surface area contributed by atoms with E-state index in [9.17, 15) is 9.90 Å².